The molecule has 2 aliphatic carbocycles. The molecular weight excluding hydrogens is 979 g/mol. The monoisotopic (exact) mass is 1050 g/mol. The van der Waals surface area contributed by atoms with Crippen LogP contribution in [0.2, 0.25) is 0 Å². The number of halogens is 1. The molecule has 4 aromatic carbocycles. The summed E-state index contributed by atoms with van der Waals surface area (Å²) in [5, 5.41) is 13.2. The lowest BCUT2D eigenvalue weighted by molar-refractivity contribution is -0.597. The summed E-state index contributed by atoms with van der Waals surface area (Å²) in [5.41, 5.74) is -2.28. The van der Waals surface area contributed by atoms with E-state index in [0.29, 0.717) is 36.9 Å². The molecule has 0 aromatic heterocycles. The highest BCUT2D eigenvalue weighted by molar-refractivity contribution is 5.84. The fourth-order valence-corrected chi connectivity index (χ4v) is 11.9. The number of ether oxygens (including phenoxy) is 7. The van der Waals surface area contributed by atoms with Crippen LogP contribution in [0.25, 0.3) is 10.8 Å². The number of aliphatic hydroxyl groups is 1. The van der Waals surface area contributed by atoms with Gasteiger partial charge in [0, 0.05) is 0 Å². The van der Waals surface area contributed by atoms with Crippen molar-refractivity contribution in [3.05, 3.63) is 104 Å². The lowest BCUT2D eigenvalue weighted by Gasteiger charge is -2.40. The molecule has 3 aliphatic rings. The van der Waals surface area contributed by atoms with E-state index in [1.165, 1.54) is 12.7 Å². The van der Waals surface area contributed by atoms with Gasteiger partial charge in [0.25, 0.3) is 0 Å². The van der Waals surface area contributed by atoms with Crippen LogP contribution in [0.5, 0.6) is 11.5 Å². The van der Waals surface area contributed by atoms with Gasteiger partial charge in [-0.3, -0.25) is 14.4 Å². The quantitative estimate of drug-likeness (QED) is 0.0312. The van der Waals surface area contributed by atoms with Gasteiger partial charge >= 0.3 is 45.1 Å². The highest BCUT2D eigenvalue weighted by atomic mass is 127. The SMILES string of the molecule is CCC(C)(CC(C)(CC(C)(C)C(=O)OCC1CCC(OC(=O)COc2ccc([I+]c3ccc(C)cc3)cc2)C(O)C1)C(=O)OCC1CCC2OC2C1)C(=O)OCCOc1ccc2ccccc2c1. The van der Waals surface area contributed by atoms with Gasteiger partial charge in [-0.15, -0.1) is 0 Å². The van der Waals surface area contributed by atoms with Gasteiger partial charge in [-0.2, -0.15) is 0 Å². The molecule has 13 heteroatoms. The molecule has 7 rings (SSSR count). The minimum atomic E-state index is -1.27. The summed E-state index contributed by atoms with van der Waals surface area (Å²) in [6.07, 6.45) is 3.35. The number of esters is 4. The zero-order valence-electron chi connectivity index (χ0n) is 40.3. The molecule has 1 saturated heterocycles. The molecule has 8 atom stereocenters. The summed E-state index contributed by atoms with van der Waals surface area (Å²) in [4.78, 5) is 54.9. The number of aryl methyl sites for hydroxylation is 1. The van der Waals surface area contributed by atoms with Gasteiger partial charge in [0.1, 0.15) is 30.8 Å². The van der Waals surface area contributed by atoms with Crippen LogP contribution in [0.1, 0.15) is 98.0 Å². The largest absolute Gasteiger partial charge is 0.490 e. The first kappa shape index (κ1) is 51.1. The Morgan fingerprint density at radius 3 is 1.99 bits per heavy atom. The Balaban J connectivity index is 0.890. The van der Waals surface area contributed by atoms with Crippen molar-refractivity contribution in [2.75, 3.05) is 33.0 Å². The van der Waals surface area contributed by atoms with E-state index < -0.39 is 52.3 Å². The average molecular weight is 1050 g/mol. The van der Waals surface area contributed by atoms with E-state index in [0.717, 1.165) is 30.0 Å². The smallest absolute Gasteiger partial charge is 0.357 e. The van der Waals surface area contributed by atoms with Crippen LogP contribution in [-0.2, 0) is 42.9 Å². The second-order valence-electron chi connectivity index (χ2n) is 20.2. The summed E-state index contributed by atoms with van der Waals surface area (Å²) >= 11 is -0.324. The summed E-state index contributed by atoms with van der Waals surface area (Å²) in [7, 11) is 0. The van der Waals surface area contributed by atoms with Gasteiger partial charge in [0.15, 0.2) is 13.7 Å². The molecule has 0 bridgehead atoms. The van der Waals surface area contributed by atoms with E-state index in [2.05, 4.69) is 31.2 Å². The number of fused-ring (bicyclic) bond motifs is 2. The molecular formula is C55H68IO12+. The molecule has 2 saturated carbocycles. The molecule has 12 nitrogen and oxygen atoms in total. The first-order chi connectivity index (χ1) is 32.5. The Labute approximate surface area is 411 Å². The topological polar surface area (TPSA) is 156 Å². The van der Waals surface area contributed by atoms with Gasteiger partial charge in [-0.1, -0.05) is 55.0 Å². The number of hydrogen-bond acceptors (Lipinski definition) is 12. The third-order valence-corrected chi connectivity index (χ3v) is 16.5. The molecule has 1 heterocycles. The van der Waals surface area contributed by atoms with Crippen LogP contribution in [0.15, 0.2) is 91.0 Å². The Morgan fingerprint density at radius 1 is 0.662 bits per heavy atom. The molecule has 1 N–H and O–H groups in total. The summed E-state index contributed by atoms with van der Waals surface area (Å²) in [5.74, 6) is -0.758. The van der Waals surface area contributed by atoms with E-state index in [1.54, 1.807) is 27.7 Å². The number of benzene rings is 4. The summed E-state index contributed by atoms with van der Waals surface area (Å²) in [6, 6.07) is 30.1. The lowest BCUT2D eigenvalue weighted by atomic mass is 9.65. The van der Waals surface area contributed by atoms with Gasteiger partial charge in [-0.05, 0) is 164 Å². The number of hydrogen-bond donors (Lipinski definition) is 1. The van der Waals surface area contributed by atoms with E-state index in [-0.39, 0.29) is 91.4 Å². The van der Waals surface area contributed by atoms with Gasteiger partial charge < -0.3 is 38.3 Å². The fraction of sp³-hybridized carbons (Fsp3) is 0.527. The van der Waals surface area contributed by atoms with Crippen molar-refractivity contribution in [3.8, 4) is 11.5 Å². The van der Waals surface area contributed by atoms with Crippen LogP contribution in [0.4, 0.5) is 0 Å². The second-order valence-corrected chi connectivity index (χ2v) is 23.2. The molecule has 4 aromatic rings. The maximum Gasteiger partial charge on any atom is 0.357 e. The molecule has 366 valence electrons. The van der Waals surface area contributed by atoms with Crippen molar-refractivity contribution >= 4 is 34.6 Å². The summed E-state index contributed by atoms with van der Waals surface area (Å²) in [6.45, 7) is 11.2. The average Bonchev–Trinajstić information content (AvgIpc) is 4.11. The van der Waals surface area contributed by atoms with Crippen LogP contribution >= 0.6 is 0 Å². The Hall–Kier alpha value is -4.73. The molecule has 0 amide bonds. The van der Waals surface area contributed by atoms with Crippen LogP contribution in [0.3, 0.4) is 0 Å². The standard InChI is InChI=1S/C55H68IO12/c1-7-54(5,51(60)63-27-26-62-44-21-16-39-10-8-9-11-40(39)30-44)35-55(6,52(61)66-32-38-15-25-47-48(29-38)67-47)34-53(3,4)50(59)65-31-37-14-24-46(45(57)28-37)68-49(58)33-64-43-22-19-42(20-23-43)56-41-17-12-36(2)13-18-41/h8-13,16-23,30,37-38,45-48,57H,7,14-15,24-29,31-35H2,1-6H3/q+1. The predicted molar refractivity (Wildman–Crippen MR) is 252 cm³/mol. The van der Waals surface area contributed by atoms with Crippen molar-refractivity contribution in [2.24, 2.45) is 28.1 Å². The van der Waals surface area contributed by atoms with Crippen molar-refractivity contribution < 1.29 is 78.6 Å². The van der Waals surface area contributed by atoms with E-state index >= 15 is 0 Å². The first-order valence-corrected chi connectivity index (χ1v) is 26.3. The van der Waals surface area contributed by atoms with Gasteiger partial charge in [0.05, 0.1) is 47.8 Å². The summed E-state index contributed by atoms with van der Waals surface area (Å²) < 4.78 is 43.3. The zero-order chi connectivity index (χ0) is 48.5. The van der Waals surface area contributed by atoms with Gasteiger partial charge in [0.2, 0.25) is 0 Å². The Bertz CT molecular complexity index is 2350. The molecule has 68 heavy (non-hydrogen) atoms. The molecule has 8 unspecified atom stereocenters. The number of rotatable bonds is 22. The maximum atomic E-state index is 14.3. The van der Waals surface area contributed by atoms with Crippen LogP contribution < -0.4 is 30.7 Å². The van der Waals surface area contributed by atoms with Crippen molar-refractivity contribution in [2.45, 2.75) is 124 Å². The second kappa shape index (κ2) is 22.8. The Kier molecular flexibility index (Phi) is 17.1. The highest BCUT2D eigenvalue weighted by Crippen LogP contribution is 2.47. The highest BCUT2D eigenvalue weighted by Gasteiger charge is 2.51. The predicted octanol–water partition coefficient (Wildman–Crippen LogP) is 6.23. The molecule has 3 fully saturated rings. The molecule has 0 spiro atoms. The number of carbonyl (C=O) groups is 4. The normalized spacial score (nSPS) is 22.9. The van der Waals surface area contributed by atoms with Gasteiger partial charge in [-0.25, -0.2) is 4.79 Å². The van der Waals surface area contributed by atoms with Crippen LogP contribution in [-0.4, -0.2) is 86.4 Å². The third kappa shape index (κ3) is 14.0. The van der Waals surface area contributed by atoms with Crippen molar-refractivity contribution in [1.29, 1.82) is 0 Å². The first-order valence-electron chi connectivity index (χ1n) is 24.1. The van der Waals surface area contributed by atoms with E-state index in [4.69, 9.17) is 33.2 Å². The minimum absolute atomic E-state index is 0.0192. The number of epoxide rings is 1. The lowest BCUT2D eigenvalue weighted by Crippen LogP contribution is -3.61. The van der Waals surface area contributed by atoms with E-state index in [1.807, 2.05) is 73.7 Å². The maximum absolute atomic E-state index is 14.3. The zero-order valence-corrected chi connectivity index (χ0v) is 42.5. The molecule has 1 aliphatic heterocycles. The van der Waals surface area contributed by atoms with Crippen LogP contribution in [0, 0.1) is 42.1 Å². The number of aliphatic hydroxyl groups excluding tert-OH is 1. The fourth-order valence-electron chi connectivity index (χ4n) is 9.73. The number of carbonyl (C=O) groups excluding carboxylic acids is 4. The van der Waals surface area contributed by atoms with Crippen molar-refractivity contribution in [1.82, 2.24) is 0 Å². The van der Waals surface area contributed by atoms with Crippen molar-refractivity contribution in [3.63, 3.8) is 0 Å². The molecule has 0 radical (unpaired) electrons. The Morgan fingerprint density at radius 2 is 1.29 bits per heavy atom. The third-order valence-electron chi connectivity index (χ3n) is 13.8. The minimum Gasteiger partial charge on any atom is -0.490 e. The van der Waals surface area contributed by atoms with E-state index in [9.17, 15) is 24.3 Å².